The molecule has 0 saturated heterocycles. The quantitative estimate of drug-likeness (QED) is 0.434. The van der Waals surface area contributed by atoms with Crippen molar-refractivity contribution in [2.45, 2.75) is 39.0 Å². The highest BCUT2D eigenvalue weighted by Crippen LogP contribution is 2.53. The van der Waals surface area contributed by atoms with Crippen LogP contribution in [0.2, 0.25) is 0 Å². The first-order chi connectivity index (χ1) is 10.9. The van der Waals surface area contributed by atoms with Crippen molar-refractivity contribution >= 4 is 26.7 Å². The molecule has 0 saturated carbocycles. The largest absolute Gasteiger partial charge is 0.0616 e. The third kappa shape index (κ3) is 2.03. The van der Waals surface area contributed by atoms with Crippen molar-refractivity contribution in [3.05, 3.63) is 69.7 Å². The lowest BCUT2D eigenvalue weighted by atomic mass is 9.80. The van der Waals surface area contributed by atoms with Crippen LogP contribution in [0.3, 0.4) is 0 Å². The van der Waals surface area contributed by atoms with Gasteiger partial charge in [-0.3, -0.25) is 0 Å². The second kappa shape index (κ2) is 4.95. The molecule has 0 fully saturated rings. The van der Waals surface area contributed by atoms with Crippen LogP contribution in [0.5, 0.6) is 0 Å². The van der Waals surface area contributed by atoms with Gasteiger partial charge in [-0.05, 0) is 56.6 Å². The molecular weight excluding hydrogens is 344 g/mol. The van der Waals surface area contributed by atoms with E-state index in [4.69, 9.17) is 0 Å². The van der Waals surface area contributed by atoms with Crippen LogP contribution in [0.15, 0.2) is 53.0 Å². The SMILES string of the molecule is CC(C)c1cc2c(c3ccccc13)-c1ccc(Br)cc1C2(C)C. The van der Waals surface area contributed by atoms with E-state index in [1.165, 1.54) is 38.6 Å². The van der Waals surface area contributed by atoms with Crippen LogP contribution >= 0.6 is 15.9 Å². The van der Waals surface area contributed by atoms with Gasteiger partial charge in [0.15, 0.2) is 0 Å². The number of hydrogen-bond acceptors (Lipinski definition) is 0. The second-order valence-electron chi connectivity index (χ2n) is 7.40. The first kappa shape index (κ1) is 15.0. The molecule has 0 amide bonds. The molecule has 23 heavy (non-hydrogen) atoms. The number of hydrogen-bond donors (Lipinski definition) is 0. The number of rotatable bonds is 1. The van der Waals surface area contributed by atoms with Crippen LogP contribution in [0.25, 0.3) is 21.9 Å². The average molecular weight is 365 g/mol. The van der Waals surface area contributed by atoms with Gasteiger partial charge in [0.1, 0.15) is 0 Å². The average Bonchev–Trinajstić information content (AvgIpc) is 2.74. The Morgan fingerprint density at radius 3 is 2.26 bits per heavy atom. The van der Waals surface area contributed by atoms with Crippen LogP contribution in [0.1, 0.15) is 50.3 Å². The Kier molecular flexibility index (Phi) is 3.22. The number of benzene rings is 3. The lowest BCUT2D eigenvalue weighted by Gasteiger charge is -2.23. The van der Waals surface area contributed by atoms with E-state index in [2.05, 4.69) is 92.2 Å². The Hall–Kier alpha value is -1.60. The summed E-state index contributed by atoms with van der Waals surface area (Å²) in [6.45, 7) is 9.28. The van der Waals surface area contributed by atoms with E-state index in [1.807, 2.05) is 0 Å². The van der Waals surface area contributed by atoms with Crippen molar-refractivity contribution < 1.29 is 0 Å². The molecule has 0 bridgehead atoms. The summed E-state index contributed by atoms with van der Waals surface area (Å²) < 4.78 is 1.16. The standard InChI is InChI=1S/C22H21Br/c1-13(2)18-12-20-21(16-8-6-5-7-15(16)18)17-10-9-14(23)11-19(17)22(20,3)4/h5-13H,1-4H3. The minimum atomic E-state index is 0.0438. The van der Waals surface area contributed by atoms with Gasteiger partial charge < -0.3 is 0 Å². The van der Waals surface area contributed by atoms with Gasteiger partial charge >= 0.3 is 0 Å². The maximum Gasteiger partial charge on any atom is 0.0178 e. The highest BCUT2D eigenvalue weighted by Gasteiger charge is 2.37. The summed E-state index contributed by atoms with van der Waals surface area (Å²) in [6.07, 6.45) is 0. The molecule has 116 valence electrons. The summed E-state index contributed by atoms with van der Waals surface area (Å²) in [5.74, 6) is 0.524. The molecule has 0 atom stereocenters. The van der Waals surface area contributed by atoms with Crippen molar-refractivity contribution in [3.8, 4) is 11.1 Å². The van der Waals surface area contributed by atoms with Crippen molar-refractivity contribution in [1.82, 2.24) is 0 Å². The summed E-state index contributed by atoms with van der Waals surface area (Å²) in [4.78, 5) is 0. The van der Waals surface area contributed by atoms with Crippen LogP contribution in [0, 0.1) is 0 Å². The van der Waals surface area contributed by atoms with Crippen LogP contribution in [-0.2, 0) is 5.41 Å². The summed E-state index contributed by atoms with van der Waals surface area (Å²) in [5, 5.41) is 2.79. The minimum Gasteiger partial charge on any atom is -0.0616 e. The maximum absolute atomic E-state index is 3.65. The van der Waals surface area contributed by atoms with E-state index in [-0.39, 0.29) is 5.41 Å². The lowest BCUT2D eigenvalue weighted by molar-refractivity contribution is 0.658. The topological polar surface area (TPSA) is 0 Å². The molecule has 0 aliphatic heterocycles. The van der Waals surface area contributed by atoms with Crippen LogP contribution in [-0.4, -0.2) is 0 Å². The fourth-order valence-electron chi connectivity index (χ4n) is 4.06. The summed E-state index contributed by atoms with van der Waals surface area (Å²) in [6, 6.07) is 18.1. The Labute approximate surface area is 146 Å². The van der Waals surface area contributed by atoms with Crippen molar-refractivity contribution in [3.63, 3.8) is 0 Å². The molecule has 0 radical (unpaired) electrons. The smallest absolute Gasteiger partial charge is 0.0178 e. The predicted octanol–water partition coefficient (Wildman–Crippen LogP) is 7.03. The van der Waals surface area contributed by atoms with Gasteiger partial charge in [-0.1, -0.05) is 80.0 Å². The molecule has 0 spiro atoms. The maximum atomic E-state index is 3.65. The third-order valence-electron chi connectivity index (χ3n) is 5.30. The highest BCUT2D eigenvalue weighted by molar-refractivity contribution is 9.10. The van der Waals surface area contributed by atoms with Gasteiger partial charge in [0.2, 0.25) is 0 Å². The van der Waals surface area contributed by atoms with Gasteiger partial charge in [0, 0.05) is 9.89 Å². The van der Waals surface area contributed by atoms with Crippen molar-refractivity contribution in [1.29, 1.82) is 0 Å². The molecule has 3 aromatic rings. The number of fused-ring (bicyclic) bond motifs is 5. The summed E-state index contributed by atoms with van der Waals surface area (Å²) in [5.41, 5.74) is 7.21. The normalized spacial score (nSPS) is 15.0. The van der Waals surface area contributed by atoms with Gasteiger partial charge in [-0.15, -0.1) is 0 Å². The zero-order valence-corrected chi connectivity index (χ0v) is 15.7. The molecule has 0 heterocycles. The molecule has 4 rings (SSSR count). The minimum absolute atomic E-state index is 0.0438. The Balaban J connectivity index is 2.19. The zero-order chi connectivity index (χ0) is 16.4. The van der Waals surface area contributed by atoms with Gasteiger partial charge in [-0.2, -0.15) is 0 Å². The first-order valence-electron chi connectivity index (χ1n) is 8.28. The molecule has 0 nitrogen and oxygen atoms in total. The summed E-state index contributed by atoms with van der Waals surface area (Å²) in [7, 11) is 0. The van der Waals surface area contributed by atoms with Gasteiger partial charge in [0.25, 0.3) is 0 Å². The van der Waals surface area contributed by atoms with E-state index in [1.54, 1.807) is 0 Å². The summed E-state index contributed by atoms with van der Waals surface area (Å²) >= 11 is 3.65. The molecule has 1 aliphatic carbocycles. The zero-order valence-electron chi connectivity index (χ0n) is 14.1. The second-order valence-corrected chi connectivity index (χ2v) is 8.32. The van der Waals surface area contributed by atoms with Crippen LogP contribution in [0.4, 0.5) is 0 Å². The predicted molar refractivity (Wildman–Crippen MR) is 103 cm³/mol. The van der Waals surface area contributed by atoms with Crippen LogP contribution < -0.4 is 0 Å². The first-order valence-corrected chi connectivity index (χ1v) is 9.07. The molecule has 1 aliphatic rings. The molecule has 0 aromatic heterocycles. The fourth-order valence-corrected chi connectivity index (χ4v) is 4.42. The molecule has 0 N–H and O–H groups in total. The Bertz CT molecular complexity index is 932. The number of halogens is 1. The molecular formula is C22H21Br. The van der Waals surface area contributed by atoms with E-state index in [0.29, 0.717) is 5.92 Å². The van der Waals surface area contributed by atoms with E-state index in [9.17, 15) is 0 Å². The van der Waals surface area contributed by atoms with Crippen molar-refractivity contribution in [2.24, 2.45) is 0 Å². The third-order valence-corrected chi connectivity index (χ3v) is 5.79. The molecule has 0 unspecified atom stereocenters. The molecule has 1 heteroatoms. The molecule has 3 aromatic carbocycles. The van der Waals surface area contributed by atoms with E-state index < -0.39 is 0 Å². The van der Waals surface area contributed by atoms with Crippen molar-refractivity contribution in [2.75, 3.05) is 0 Å². The van der Waals surface area contributed by atoms with E-state index in [0.717, 1.165) is 4.47 Å². The Morgan fingerprint density at radius 2 is 1.57 bits per heavy atom. The lowest BCUT2D eigenvalue weighted by Crippen LogP contribution is -2.15. The van der Waals surface area contributed by atoms with E-state index >= 15 is 0 Å². The van der Waals surface area contributed by atoms with Gasteiger partial charge in [0.05, 0.1) is 0 Å². The Morgan fingerprint density at radius 1 is 0.870 bits per heavy atom. The highest BCUT2D eigenvalue weighted by atomic mass is 79.9. The fraction of sp³-hybridized carbons (Fsp3) is 0.273. The monoisotopic (exact) mass is 364 g/mol. The van der Waals surface area contributed by atoms with Gasteiger partial charge in [-0.25, -0.2) is 0 Å².